The van der Waals surface area contributed by atoms with E-state index in [9.17, 15) is 9.18 Å². The van der Waals surface area contributed by atoms with Crippen LogP contribution in [0.4, 0.5) is 4.39 Å². The van der Waals surface area contributed by atoms with Gasteiger partial charge in [-0.05, 0) is 44.2 Å². The molecule has 2 aromatic rings. The first-order valence-corrected chi connectivity index (χ1v) is 8.35. The average Bonchev–Trinajstić information content (AvgIpc) is 2.59. The van der Waals surface area contributed by atoms with Crippen LogP contribution in [0.3, 0.4) is 0 Å². The highest BCUT2D eigenvalue weighted by Crippen LogP contribution is 2.27. The molecule has 1 atom stereocenters. The maximum atomic E-state index is 13.3. The van der Waals surface area contributed by atoms with Gasteiger partial charge >= 0.3 is 0 Å². The smallest absolute Gasteiger partial charge is 0.236 e. The molecule has 0 heterocycles. The quantitative estimate of drug-likeness (QED) is 0.773. The molecule has 0 saturated carbocycles. The van der Waals surface area contributed by atoms with Gasteiger partial charge in [0.05, 0.1) is 12.6 Å². The van der Waals surface area contributed by atoms with Crippen LogP contribution in [-0.2, 0) is 4.79 Å². The molecule has 2 rings (SSSR count). The molecule has 0 saturated heterocycles. The first-order valence-electron chi connectivity index (χ1n) is 8.35. The zero-order valence-corrected chi connectivity index (χ0v) is 14.6. The molecule has 0 unspecified atom stereocenters. The molecule has 24 heavy (non-hydrogen) atoms. The Hall–Kier alpha value is -2.20. The van der Waals surface area contributed by atoms with Gasteiger partial charge in [0.1, 0.15) is 5.82 Å². The molecule has 0 aliphatic carbocycles. The van der Waals surface area contributed by atoms with Crippen molar-refractivity contribution in [2.75, 3.05) is 26.7 Å². The van der Waals surface area contributed by atoms with Gasteiger partial charge < -0.3 is 4.90 Å². The summed E-state index contributed by atoms with van der Waals surface area (Å²) >= 11 is 0. The van der Waals surface area contributed by atoms with Gasteiger partial charge in [-0.3, -0.25) is 9.69 Å². The molecule has 0 aliphatic rings. The van der Waals surface area contributed by atoms with Crippen molar-refractivity contribution in [1.82, 2.24) is 9.80 Å². The average molecular weight is 328 g/mol. The topological polar surface area (TPSA) is 23.6 Å². The lowest BCUT2D eigenvalue weighted by Crippen LogP contribution is -2.40. The number of hydrogen-bond acceptors (Lipinski definition) is 2. The maximum Gasteiger partial charge on any atom is 0.236 e. The predicted molar refractivity (Wildman–Crippen MR) is 95.2 cm³/mol. The van der Waals surface area contributed by atoms with Crippen LogP contribution in [0, 0.1) is 5.82 Å². The normalized spacial score (nSPS) is 12.2. The second-order valence-electron chi connectivity index (χ2n) is 5.85. The summed E-state index contributed by atoms with van der Waals surface area (Å²) in [5.74, 6) is -0.155. The molecule has 1 amide bonds. The first kappa shape index (κ1) is 18.1. The monoisotopic (exact) mass is 328 g/mol. The number of carbonyl (C=O) groups excluding carboxylic acids is 1. The number of amides is 1. The fourth-order valence-electron chi connectivity index (χ4n) is 2.96. The third-order valence-corrected chi connectivity index (χ3v) is 4.24. The minimum Gasteiger partial charge on any atom is -0.342 e. The number of nitrogens with zero attached hydrogens (tertiary/aromatic N) is 2. The zero-order valence-electron chi connectivity index (χ0n) is 14.6. The van der Waals surface area contributed by atoms with Crippen LogP contribution in [0.25, 0.3) is 0 Å². The highest BCUT2D eigenvalue weighted by Gasteiger charge is 2.22. The Kier molecular flexibility index (Phi) is 6.50. The van der Waals surface area contributed by atoms with E-state index in [2.05, 4.69) is 0 Å². The van der Waals surface area contributed by atoms with E-state index in [0.29, 0.717) is 19.6 Å². The number of likely N-dealkylation sites (N-methyl/N-ethyl adjacent to an activating group) is 2. The molecule has 0 bridgehead atoms. The van der Waals surface area contributed by atoms with E-state index in [1.54, 1.807) is 12.1 Å². The lowest BCUT2D eigenvalue weighted by atomic mass is 9.97. The Morgan fingerprint density at radius 3 is 2.04 bits per heavy atom. The number of rotatable bonds is 7. The van der Waals surface area contributed by atoms with Gasteiger partial charge in [0.25, 0.3) is 0 Å². The van der Waals surface area contributed by atoms with Crippen molar-refractivity contribution < 1.29 is 9.18 Å². The Balaban J connectivity index is 2.29. The lowest BCUT2D eigenvalue weighted by Gasteiger charge is -2.30. The molecule has 0 aromatic heterocycles. The minimum atomic E-state index is -0.257. The van der Waals surface area contributed by atoms with Crippen molar-refractivity contribution in [2.45, 2.75) is 19.9 Å². The summed E-state index contributed by atoms with van der Waals surface area (Å²) in [6.07, 6.45) is 0. The first-order chi connectivity index (χ1) is 11.6. The summed E-state index contributed by atoms with van der Waals surface area (Å²) in [5, 5.41) is 0. The molecule has 0 fully saturated rings. The van der Waals surface area contributed by atoms with Crippen LogP contribution >= 0.6 is 0 Å². The van der Waals surface area contributed by atoms with Gasteiger partial charge in [-0.1, -0.05) is 42.5 Å². The summed E-state index contributed by atoms with van der Waals surface area (Å²) in [6, 6.07) is 16.4. The summed E-state index contributed by atoms with van der Waals surface area (Å²) in [5.41, 5.74) is 2.05. The Labute approximate surface area is 143 Å². The third kappa shape index (κ3) is 4.42. The molecule has 0 aliphatic heterocycles. The van der Waals surface area contributed by atoms with E-state index in [4.69, 9.17) is 0 Å². The molecule has 128 valence electrons. The van der Waals surface area contributed by atoms with E-state index < -0.39 is 0 Å². The van der Waals surface area contributed by atoms with Gasteiger partial charge in [0, 0.05) is 13.1 Å². The van der Waals surface area contributed by atoms with Gasteiger partial charge in [-0.2, -0.15) is 0 Å². The van der Waals surface area contributed by atoms with Crippen molar-refractivity contribution in [3.8, 4) is 0 Å². The molecule has 4 heteroatoms. The van der Waals surface area contributed by atoms with Crippen molar-refractivity contribution in [3.63, 3.8) is 0 Å². The highest BCUT2D eigenvalue weighted by molar-refractivity contribution is 5.78. The van der Waals surface area contributed by atoms with Gasteiger partial charge in [-0.25, -0.2) is 4.39 Å². The Morgan fingerprint density at radius 1 is 0.958 bits per heavy atom. The standard InChI is InChI=1S/C20H25FN2O/c1-4-23(5-2)19(24)15-22(3)20(16-9-7-6-8-10-16)17-11-13-18(21)14-12-17/h6-14,20H,4-5,15H2,1-3H3/t20-/m0/s1. The second-order valence-corrected chi connectivity index (χ2v) is 5.85. The molecule has 2 aromatic carbocycles. The second kappa shape index (κ2) is 8.60. The molecule has 3 nitrogen and oxygen atoms in total. The molecule has 0 radical (unpaired) electrons. The van der Waals surface area contributed by atoms with E-state index in [0.717, 1.165) is 11.1 Å². The summed E-state index contributed by atoms with van der Waals surface area (Å²) < 4.78 is 13.3. The largest absolute Gasteiger partial charge is 0.342 e. The molecular formula is C20H25FN2O. The molecule has 0 spiro atoms. The van der Waals surface area contributed by atoms with E-state index in [1.807, 2.05) is 61.0 Å². The highest BCUT2D eigenvalue weighted by atomic mass is 19.1. The fraction of sp³-hybridized carbons (Fsp3) is 0.350. The van der Waals surface area contributed by atoms with Gasteiger partial charge in [0.2, 0.25) is 5.91 Å². The number of hydrogen-bond donors (Lipinski definition) is 0. The van der Waals surface area contributed by atoms with Crippen LogP contribution in [0.15, 0.2) is 54.6 Å². The number of carbonyl (C=O) groups is 1. The predicted octanol–water partition coefficient (Wildman–Crippen LogP) is 3.72. The maximum absolute atomic E-state index is 13.3. The summed E-state index contributed by atoms with van der Waals surface area (Å²) in [4.78, 5) is 16.3. The minimum absolute atomic E-state index is 0.0914. The Bertz CT molecular complexity index is 638. The zero-order chi connectivity index (χ0) is 17.5. The Morgan fingerprint density at radius 2 is 1.50 bits per heavy atom. The fourth-order valence-corrected chi connectivity index (χ4v) is 2.96. The van der Waals surface area contributed by atoms with Gasteiger partial charge in [0.15, 0.2) is 0 Å². The van der Waals surface area contributed by atoms with E-state index >= 15 is 0 Å². The summed E-state index contributed by atoms with van der Waals surface area (Å²) in [7, 11) is 1.93. The van der Waals surface area contributed by atoms with E-state index in [1.165, 1.54) is 12.1 Å². The van der Waals surface area contributed by atoms with E-state index in [-0.39, 0.29) is 17.8 Å². The van der Waals surface area contributed by atoms with Crippen LogP contribution < -0.4 is 0 Å². The van der Waals surface area contributed by atoms with Crippen molar-refractivity contribution in [3.05, 3.63) is 71.5 Å². The molecular weight excluding hydrogens is 303 g/mol. The number of benzene rings is 2. The number of halogens is 1. The van der Waals surface area contributed by atoms with Crippen LogP contribution in [0.2, 0.25) is 0 Å². The van der Waals surface area contributed by atoms with Crippen molar-refractivity contribution in [2.24, 2.45) is 0 Å². The van der Waals surface area contributed by atoms with Crippen molar-refractivity contribution >= 4 is 5.91 Å². The van der Waals surface area contributed by atoms with Crippen molar-refractivity contribution in [1.29, 1.82) is 0 Å². The van der Waals surface area contributed by atoms with Crippen LogP contribution in [0.1, 0.15) is 31.0 Å². The summed E-state index contributed by atoms with van der Waals surface area (Å²) in [6.45, 7) is 5.69. The van der Waals surface area contributed by atoms with Crippen LogP contribution in [-0.4, -0.2) is 42.4 Å². The third-order valence-electron chi connectivity index (χ3n) is 4.24. The SMILES string of the molecule is CCN(CC)C(=O)CN(C)[C@@H](c1ccccc1)c1ccc(F)cc1. The van der Waals surface area contributed by atoms with Gasteiger partial charge in [-0.15, -0.1) is 0 Å². The van der Waals surface area contributed by atoms with Crippen LogP contribution in [0.5, 0.6) is 0 Å². The lowest BCUT2D eigenvalue weighted by molar-refractivity contribution is -0.132. The molecule has 0 N–H and O–H groups in total.